The van der Waals surface area contributed by atoms with E-state index < -0.39 is 8.97 Å². The second-order valence-electron chi connectivity index (χ2n) is 2.16. The third-order valence-corrected chi connectivity index (χ3v) is 3.99. The van der Waals surface area contributed by atoms with Crippen LogP contribution in [0.1, 0.15) is 20.8 Å². The van der Waals surface area contributed by atoms with Gasteiger partial charge in [0, 0.05) is 20.3 Å². The minimum absolute atomic E-state index is 0.604. The second kappa shape index (κ2) is 6.56. The Balaban J connectivity index is 4.06. The first-order valence-electron chi connectivity index (χ1n) is 4.32. The summed E-state index contributed by atoms with van der Waals surface area (Å²) in [5.41, 5.74) is 0. The van der Waals surface area contributed by atoms with Crippen molar-refractivity contribution in [3.63, 3.8) is 0 Å². The first-order valence-corrected chi connectivity index (χ1v) is 6.05. The minimum Gasteiger partial charge on any atom is -0.364 e. The molecule has 1 N–H and O–H groups in total. The van der Waals surface area contributed by atoms with Crippen molar-refractivity contribution in [1.29, 1.82) is 0 Å². The normalized spacial score (nSPS) is 12.0. The molecule has 0 aliphatic carbocycles. The summed E-state index contributed by atoms with van der Waals surface area (Å²) in [5, 5.41) is 0. The predicted molar refractivity (Wildman–Crippen MR) is 49.7 cm³/mol. The highest BCUT2D eigenvalue weighted by molar-refractivity contribution is 6.57. The number of hydrogen-bond acceptors (Lipinski definition) is 4. The lowest BCUT2D eigenvalue weighted by molar-refractivity contribution is 0.0754. The summed E-state index contributed by atoms with van der Waals surface area (Å²) < 4.78 is 16.1. The zero-order chi connectivity index (χ0) is 9.45. The van der Waals surface area contributed by atoms with Gasteiger partial charge >= 0.3 is 8.97 Å². The van der Waals surface area contributed by atoms with Crippen LogP contribution in [0.4, 0.5) is 0 Å². The zero-order valence-corrected chi connectivity index (χ0v) is 9.35. The quantitative estimate of drug-likeness (QED) is 0.606. The Kier molecular flexibility index (Phi) is 6.59. The molecule has 0 fully saturated rings. The lowest BCUT2D eigenvalue weighted by Gasteiger charge is -2.26. The molecule has 0 bridgehead atoms. The molecule has 0 rings (SSSR count). The van der Waals surface area contributed by atoms with Gasteiger partial charge in [-0.05, 0) is 20.4 Å². The fourth-order valence-electron chi connectivity index (χ4n) is 0.930. The molecule has 0 aromatic heterocycles. The Morgan fingerprint density at radius 1 is 1.08 bits per heavy atom. The van der Waals surface area contributed by atoms with Crippen molar-refractivity contribution in [1.82, 2.24) is 4.98 Å². The first kappa shape index (κ1) is 12.1. The van der Waals surface area contributed by atoms with E-state index in [4.69, 9.17) is 13.3 Å². The van der Waals surface area contributed by atoms with E-state index in [1.165, 1.54) is 0 Å². The van der Waals surface area contributed by atoms with Crippen molar-refractivity contribution in [2.24, 2.45) is 0 Å². The van der Waals surface area contributed by atoms with Gasteiger partial charge in [-0.3, -0.25) is 4.98 Å². The molecule has 0 aliphatic rings. The van der Waals surface area contributed by atoms with Crippen LogP contribution >= 0.6 is 0 Å². The predicted octanol–water partition coefficient (Wildman–Crippen LogP) is 0.751. The lowest BCUT2D eigenvalue weighted by Crippen LogP contribution is -2.58. The van der Waals surface area contributed by atoms with Gasteiger partial charge in [-0.25, -0.2) is 0 Å². The third-order valence-electron chi connectivity index (χ3n) is 1.33. The van der Waals surface area contributed by atoms with E-state index in [1.807, 2.05) is 20.8 Å². The van der Waals surface area contributed by atoms with Crippen LogP contribution in [-0.2, 0) is 13.3 Å². The topological polar surface area (TPSA) is 39.7 Å². The molecule has 0 aliphatic heterocycles. The van der Waals surface area contributed by atoms with E-state index in [2.05, 4.69) is 4.98 Å². The molecular weight excluding hydrogens is 174 g/mol. The molecule has 0 unspecified atom stereocenters. The van der Waals surface area contributed by atoms with E-state index in [-0.39, 0.29) is 0 Å². The highest BCUT2D eigenvalue weighted by Gasteiger charge is 2.39. The van der Waals surface area contributed by atoms with Gasteiger partial charge in [0.15, 0.2) is 0 Å². The molecule has 0 atom stereocenters. The second-order valence-corrected chi connectivity index (χ2v) is 4.61. The number of hydrogen-bond donors (Lipinski definition) is 1. The largest absolute Gasteiger partial charge is 0.596 e. The highest BCUT2D eigenvalue weighted by atomic mass is 28.4. The van der Waals surface area contributed by atoms with Gasteiger partial charge in [0.05, 0.1) is 0 Å². The van der Waals surface area contributed by atoms with Crippen LogP contribution in [0, 0.1) is 0 Å². The summed E-state index contributed by atoms with van der Waals surface area (Å²) in [7, 11) is -0.908. The average Bonchev–Trinajstić information content (AvgIpc) is 2.06. The summed E-state index contributed by atoms with van der Waals surface area (Å²) in [6.07, 6.45) is 0. The summed E-state index contributed by atoms with van der Waals surface area (Å²) in [6, 6.07) is 0. The van der Waals surface area contributed by atoms with E-state index >= 15 is 0 Å². The van der Waals surface area contributed by atoms with Crippen LogP contribution in [0.3, 0.4) is 0 Å². The summed E-state index contributed by atoms with van der Waals surface area (Å²) in [4.78, 5) is 3.12. The van der Waals surface area contributed by atoms with Gasteiger partial charge in [0.25, 0.3) is 0 Å². The molecule has 0 saturated carbocycles. The summed E-state index contributed by atoms with van der Waals surface area (Å²) >= 11 is 0. The Bertz CT molecular complexity index is 95.8. The van der Waals surface area contributed by atoms with Gasteiger partial charge in [-0.15, -0.1) is 0 Å². The van der Waals surface area contributed by atoms with Crippen molar-refractivity contribution < 1.29 is 13.3 Å². The monoisotopic (exact) mass is 193 g/mol. The maximum absolute atomic E-state index is 5.44. The van der Waals surface area contributed by atoms with Crippen LogP contribution in [-0.4, -0.2) is 35.8 Å². The standard InChI is InChI=1S/C7H19NO3Si/c1-5-8-12(9-4,10-6-2)11-7-3/h8H,5-7H2,1-4H3. The molecule has 0 heterocycles. The van der Waals surface area contributed by atoms with Crippen LogP contribution in [0.2, 0.25) is 0 Å². The molecule has 0 aromatic rings. The van der Waals surface area contributed by atoms with Crippen molar-refractivity contribution in [3.05, 3.63) is 0 Å². The van der Waals surface area contributed by atoms with Crippen LogP contribution in [0.15, 0.2) is 0 Å². The van der Waals surface area contributed by atoms with Crippen molar-refractivity contribution in [2.75, 3.05) is 26.9 Å². The van der Waals surface area contributed by atoms with E-state index in [1.54, 1.807) is 7.11 Å². The molecule has 0 aromatic carbocycles. The van der Waals surface area contributed by atoms with Gasteiger partial charge in [-0.1, -0.05) is 6.92 Å². The zero-order valence-electron chi connectivity index (χ0n) is 8.35. The number of rotatable bonds is 7. The molecule has 0 amide bonds. The molecule has 0 radical (unpaired) electrons. The molecule has 0 saturated heterocycles. The van der Waals surface area contributed by atoms with E-state index in [0.29, 0.717) is 13.2 Å². The smallest absolute Gasteiger partial charge is 0.364 e. The van der Waals surface area contributed by atoms with Crippen molar-refractivity contribution >= 4 is 8.97 Å². The van der Waals surface area contributed by atoms with Gasteiger partial charge in [0.1, 0.15) is 0 Å². The van der Waals surface area contributed by atoms with E-state index in [9.17, 15) is 0 Å². The highest BCUT2D eigenvalue weighted by Crippen LogP contribution is 2.03. The van der Waals surface area contributed by atoms with E-state index in [0.717, 1.165) is 6.54 Å². The minimum atomic E-state index is -2.52. The Labute approximate surface area is 75.7 Å². The molecule has 0 spiro atoms. The maximum atomic E-state index is 5.44. The molecule has 74 valence electrons. The lowest BCUT2D eigenvalue weighted by atomic mass is 10.8. The Morgan fingerprint density at radius 2 is 1.58 bits per heavy atom. The molecule has 5 heteroatoms. The number of nitrogens with one attached hydrogen (secondary N) is 1. The Morgan fingerprint density at radius 3 is 1.83 bits per heavy atom. The maximum Gasteiger partial charge on any atom is 0.596 e. The Hall–Kier alpha value is 0.0569. The van der Waals surface area contributed by atoms with Crippen LogP contribution < -0.4 is 4.98 Å². The molecule has 12 heavy (non-hydrogen) atoms. The molecular formula is C7H19NO3Si. The molecule has 4 nitrogen and oxygen atoms in total. The third kappa shape index (κ3) is 3.64. The summed E-state index contributed by atoms with van der Waals surface area (Å²) in [5.74, 6) is 0. The van der Waals surface area contributed by atoms with Gasteiger partial charge in [0.2, 0.25) is 0 Å². The fraction of sp³-hybridized carbons (Fsp3) is 1.00. The average molecular weight is 193 g/mol. The van der Waals surface area contributed by atoms with Crippen LogP contribution in [0.5, 0.6) is 0 Å². The van der Waals surface area contributed by atoms with Gasteiger partial charge < -0.3 is 13.3 Å². The first-order chi connectivity index (χ1) is 5.74. The fourth-order valence-corrected chi connectivity index (χ4v) is 2.79. The SMILES string of the molecule is CCN[Si](OC)(OCC)OCC. The van der Waals surface area contributed by atoms with Crippen LogP contribution in [0.25, 0.3) is 0 Å². The summed E-state index contributed by atoms with van der Waals surface area (Å²) in [6.45, 7) is 7.85. The van der Waals surface area contributed by atoms with Crippen molar-refractivity contribution in [2.45, 2.75) is 20.8 Å². The van der Waals surface area contributed by atoms with Crippen molar-refractivity contribution in [3.8, 4) is 0 Å². The van der Waals surface area contributed by atoms with Gasteiger partial charge in [-0.2, -0.15) is 0 Å².